The van der Waals surface area contributed by atoms with Gasteiger partial charge in [0.1, 0.15) is 18.1 Å². The molecule has 0 bridgehead atoms. The Hall–Kier alpha value is -2.40. The molecule has 0 amide bonds. The van der Waals surface area contributed by atoms with Crippen LogP contribution in [0.25, 0.3) is 0 Å². The summed E-state index contributed by atoms with van der Waals surface area (Å²) in [6.07, 6.45) is 13.5. The van der Waals surface area contributed by atoms with Crippen molar-refractivity contribution in [1.82, 2.24) is 0 Å². The summed E-state index contributed by atoms with van der Waals surface area (Å²) in [5.41, 5.74) is 1.07. The van der Waals surface area contributed by atoms with E-state index in [1.807, 2.05) is 48.6 Å². The fourth-order valence-corrected chi connectivity index (χ4v) is 1.53. The van der Waals surface area contributed by atoms with Crippen molar-refractivity contribution in [3.63, 3.8) is 0 Å². The van der Waals surface area contributed by atoms with Gasteiger partial charge in [-0.25, -0.2) is 0 Å². The van der Waals surface area contributed by atoms with Gasteiger partial charge >= 0.3 is 0 Å². The summed E-state index contributed by atoms with van der Waals surface area (Å²) in [7, 11) is 0. The topological polar surface area (TPSA) is 18.5 Å². The average molecular weight is 238 g/mol. The van der Waals surface area contributed by atoms with Crippen molar-refractivity contribution < 1.29 is 9.47 Å². The smallest absolute Gasteiger partial charge is 0.147 e. The molecule has 0 atom stereocenters. The van der Waals surface area contributed by atoms with Gasteiger partial charge in [-0.2, -0.15) is 0 Å². The summed E-state index contributed by atoms with van der Waals surface area (Å²) >= 11 is 0. The van der Waals surface area contributed by atoms with Crippen LogP contribution in [0.3, 0.4) is 0 Å². The molecule has 0 spiro atoms. The lowest BCUT2D eigenvalue weighted by Crippen LogP contribution is -1.97. The predicted octanol–water partition coefficient (Wildman–Crippen LogP) is 3.44. The Morgan fingerprint density at radius 3 is 2.72 bits per heavy atom. The van der Waals surface area contributed by atoms with E-state index < -0.39 is 0 Å². The highest BCUT2D eigenvalue weighted by Crippen LogP contribution is 2.19. The maximum Gasteiger partial charge on any atom is 0.147 e. The number of rotatable bonds is 4. The summed E-state index contributed by atoms with van der Waals surface area (Å²) in [6.45, 7) is 0.300. The Morgan fingerprint density at radius 1 is 1.22 bits per heavy atom. The normalized spacial score (nSPS) is 15.9. The van der Waals surface area contributed by atoms with E-state index in [-0.39, 0.29) is 0 Å². The highest BCUT2D eigenvalue weighted by atomic mass is 16.5. The zero-order chi connectivity index (χ0) is 12.6. The molecule has 18 heavy (non-hydrogen) atoms. The van der Waals surface area contributed by atoms with Gasteiger partial charge in [0.2, 0.25) is 0 Å². The molecule has 0 unspecified atom stereocenters. The first-order valence-electron chi connectivity index (χ1n) is 5.74. The summed E-state index contributed by atoms with van der Waals surface area (Å²) in [5.74, 6) is 4.10. The molecule has 0 heterocycles. The van der Waals surface area contributed by atoms with Crippen LogP contribution in [0.4, 0.5) is 0 Å². The van der Waals surface area contributed by atoms with Crippen LogP contribution in [-0.4, -0.2) is 6.61 Å². The Balaban J connectivity index is 1.90. The summed E-state index contributed by atoms with van der Waals surface area (Å²) in [5, 5.41) is 0. The lowest BCUT2D eigenvalue weighted by Gasteiger charge is -2.10. The van der Waals surface area contributed by atoms with Crippen molar-refractivity contribution in [2.45, 2.75) is 6.42 Å². The third-order valence-electron chi connectivity index (χ3n) is 2.38. The van der Waals surface area contributed by atoms with E-state index in [4.69, 9.17) is 15.9 Å². The van der Waals surface area contributed by atoms with Crippen molar-refractivity contribution in [2.75, 3.05) is 6.61 Å². The van der Waals surface area contributed by atoms with Gasteiger partial charge in [0.05, 0.1) is 6.26 Å². The van der Waals surface area contributed by atoms with E-state index >= 15 is 0 Å². The maximum atomic E-state index is 5.70. The molecule has 0 saturated carbocycles. The standard InChI is InChI=1S/C16H14O2/c1-2-12-17-13-14-8-10-16(11-9-14)18-15-6-4-3-5-7-15/h1,3-8,10-11,13H,9,12H2. The van der Waals surface area contributed by atoms with Crippen LogP contribution >= 0.6 is 0 Å². The molecule has 0 aliphatic heterocycles. The monoisotopic (exact) mass is 238 g/mol. The van der Waals surface area contributed by atoms with Gasteiger partial charge in [0.25, 0.3) is 0 Å². The predicted molar refractivity (Wildman–Crippen MR) is 71.8 cm³/mol. The molecule has 1 aliphatic carbocycles. The molecule has 0 radical (unpaired) electrons. The average Bonchev–Trinajstić information content (AvgIpc) is 2.42. The van der Waals surface area contributed by atoms with Crippen LogP contribution in [0, 0.1) is 12.3 Å². The van der Waals surface area contributed by atoms with Crippen LogP contribution in [0.5, 0.6) is 5.75 Å². The fourth-order valence-electron chi connectivity index (χ4n) is 1.53. The number of para-hydroxylation sites is 1. The minimum absolute atomic E-state index is 0.300. The Morgan fingerprint density at radius 2 is 2.06 bits per heavy atom. The van der Waals surface area contributed by atoms with Gasteiger partial charge in [-0.15, -0.1) is 6.42 Å². The van der Waals surface area contributed by atoms with Crippen molar-refractivity contribution in [2.24, 2.45) is 0 Å². The molecule has 0 N–H and O–H groups in total. The van der Waals surface area contributed by atoms with E-state index in [0.717, 1.165) is 23.5 Å². The minimum Gasteiger partial charge on any atom is -0.488 e. The van der Waals surface area contributed by atoms with Crippen LogP contribution in [0.2, 0.25) is 0 Å². The van der Waals surface area contributed by atoms with E-state index in [0.29, 0.717) is 6.61 Å². The number of benzene rings is 1. The van der Waals surface area contributed by atoms with Gasteiger partial charge < -0.3 is 9.47 Å². The first kappa shape index (κ1) is 12.1. The number of allylic oxidation sites excluding steroid dienone is 4. The second kappa shape index (κ2) is 6.36. The van der Waals surface area contributed by atoms with Crippen LogP contribution in [0.15, 0.2) is 66.2 Å². The largest absolute Gasteiger partial charge is 0.488 e. The van der Waals surface area contributed by atoms with Gasteiger partial charge in [0, 0.05) is 0 Å². The van der Waals surface area contributed by atoms with E-state index in [1.54, 1.807) is 6.26 Å². The van der Waals surface area contributed by atoms with E-state index in [2.05, 4.69) is 5.92 Å². The van der Waals surface area contributed by atoms with Crippen LogP contribution < -0.4 is 4.74 Å². The summed E-state index contributed by atoms with van der Waals surface area (Å²) in [6, 6.07) is 9.70. The second-order valence-corrected chi connectivity index (χ2v) is 3.77. The molecule has 1 aliphatic rings. The minimum atomic E-state index is 0.300. The molecule has 2 nitrogen and oxygen atoms in total. The number of hydrogen-bond donors (Lipinski definition) is 0. The SMILES string of the molecule is C#CCOC=C1C=CC(Oc2ccccc2)=CC1. The lowest BCUT2D eigenvalue weighted by atomic mass is 10.1. The van der Waals surface area contributed by atoms with Crippen molar-refractivity contribution in [1.29, 1.82) is 0 Å². The van der Waals surface area contributed by atoms with Gasteiger partial charge in [0.15, 0.2) is 0 Å². The Bertz CT molecular complexity index is 516. The molecule has 0 saturated heterocycles. The molecule has 0 aromatic heterocycles. The highest BCUT2D eigenvalue weighted by Gasteiger charge is 2.03. The molecule has 90 valence electrons. The number of hydrogen-bond acceptors (Lipinski definition) is 2. The van der Waals surface area contributed by atoms with Gasteiger partial charge in [-0.3, -0.25) is 0 Å². The molecular weight excluding hydrogens is 224 g/mol. The van der Waals surface area contributed by atoms with Crippen molar-refractivity contribution in [3.8, 4) is 18.1 Å². The Kier molecular flexibility index (Phi) is 4.27. The Labute approximate surface area is 107 Å². The van der Waals surface area contributed by atoms with Gasteiger partial charge in [-0.1, -0.05) is 30.2 Å². The quantitative estimate of drug-likeness (QED) is 0.454. The maximum absolute atomic E-state index is 5.70. The second-order valence-electron chi connectivity index (χ2n) is 3.77. The first-order valence-corrected chi connectivity index (χ1v) is 5.74. The molecule has 2 rings (SSSR count). The van der Waals surface area contributed by atoms with E-state index in [9.17, 15) is 0 Å². The number of ether oxygens (including phenoxy) is 2. The summed E-state index contributed by atoms with van der Waals surface area (Å²) in [4.78, 5) is 0. The molecule has 1 aromatic rings. The molecular formula is C16H14O2. The third kappa shape index (κ3) is 3.57. The zero-order valence-electron chi connectivity index (χ0n) is 10.0. The van der Waals surface area contributed by atoms with Crippen molar-refractivity contribution >= 4 is 0 Å². The third-order valence-corrected chi connectivity index (χ3v) is 2.38. The number of terminal acetylenes is 1. The van der Waals surface area contributed by atoms with Crippen LogP contribution in [-0.2, 0) is 4.74 Å². The molecule has 0 fully saturated rings. The fraction of sp³-hybridized carbons (Fsp3) is 0.125. The molecule has 2 heteroatoms. The van der Waals surface area contributed by atoms with Gasteiger partial charge in [-0.05, 0) is 36.3 Å². The van der Waals surface area contributed by atoms with Crippen LogP contribution in [0.1, 0.15) is 6.42 Å². The molecule has 1 aromatic carbocycles. The highest BCUT2D eigenvalue weighted by molar-refractivity contribution is 5.34. The van der Waals surface area contributed by atoms with E-state index in [1.165, 1.54) is 0 Å². The first-order chi connectivity index (χ1) is 8.88. The lowest BCUT2D eigenvalue weighted by molar-refractivity contribution is 0.293. The van der Waals surface area contributed by atoms with Crippen molar-refractivity contribution in [3.05, 3.63) is 66.2 Å². The zero-order valence-corrected chi connectivity index (χ0v) is 10.0. The summed E-state index contributed by atoms with van der Waals surface area (Å²) < 4.78 is 10.9.